The first kappa shape index (κ1) is 19.1. The van der Waals surface area contributed by atoms with Crippen LogP contribution in [-0.2, 0) is 14.8 Å². The number of hydrogen-bond acceptors (Lipinski definition) is 5. The number of sulfonamides is 1. The zero-order valence-electron chi connectivity index (χ0n) is 15.6. The lowest BCUT2D eigenvalue weighted by Crippen LogP contribution is -2.50. The third-order valence-electron chi connectivity index (χ3n) is 5.08. The molecule has 144 valence electrons. The third kappa shape index (κ3) is 4.01. The molecule has 3 heterocycles. The Hall–Kier alpha value is -1.67. The molecule has 1 aromatic heterocycles. The highest BCUT2D eigenvalue weighted by Gasteiger charge is 2.27. The highest BCUT2D eigenvalue weighted by Crippen LogP contribution is 2.22. The second kappa shape index (κ2) is 7.92. The van der Waals surface area contributed by atoms with Crippen LogP contribution in [0.15, 0.2) is 23.2 Å². The van der Waals surface area contributed by atoms with Crippen molar-refractivity contribution in [3.8, 4) is 0 Å². The second-order valence-electron chi connectivity index (χ2n) is 7.28. The van der Waals surface area contributed by atoms with Crippen molar-refractivity contribution >= 4 is 21.7 Å². The van der Waals surface area contributed by atoms with Crippen molar-refractivity contribution in [1.82, 2.24) is 14.2 Å². The molecule has 26 heavy (non-hydrogen) atoms. The third-order valence-corrected chi connectivity index (χ3v) is 6.96. The molecule has 3 rings (SSSR count). The maximum atomic E-state index is 12.7. The monoisotopic (exact) mass is 380 g/mol. The van der Waals surface area contributed by atoms with E-state index < -0.39 is 10.0 Å². The SMILES string of the molecule is CC(C)C(=O)N1CCN(c2ccc(S(=O)(=O)N3CCCCC3)cn2)CC1. The molecule has 2 fully saturated rings. The van der Waals surface area contributed by atoms with Gasteiger partial charge in [-0.3, -0.25) is 4.79 Å². The maximum Gasteiger partial charge on any atom is 0.244 e. The molecule has 1 aromatic rings. The van der Waals surface area contributed by atoms with E-state index in [1.807, 2.05) is 18.7 Å². The van der Waals surface area contributed by atoms with E-state index in [0.29, 0.717) is 39.3 Å². The van der Waals surface area contributed by atoms with Gasteiger partial charge in [0.15, 0.2) is 0 Å². The molecule has 2 aliphatic heterocycles. The molecule has 0 unspecified atom stereocenters. The molecule has 0 radical (unpaired) electrons. The van der Waals surface area contributed by atoms with E-state index in [0.717, 1.165) is 25.1 Å². The van der Waals surface area contributed by atoms with Crippen LogP contribution in [0.3, 0.4) is 0 Å². The van der Waals surface area contributed by atoms with Crippen LogP contribution in [0, 0.1) is 5.92 Å². The lowest BCUT2D eigenvalue weighted by molar-refractivity contribution is -0.134. The van der Waals surface area contributed by atoms with E-state index in [1.165, 1.54) is 6.20 Å². The molecule has 0 N–H and O–H groups in total. The zero-order valence-corrected chi connectivity index (χ0v) is 16.4. The predicted octanol–water partition coefficient (Wildman–Crippen LogP) is 1.56. The summed E-state index contributed by atoms with van der Waals surface area (Å²) in [5.41, 5.74) is 0. The van der Waals surface area contributed by atoms with Crippen LogP contribution in [0.2, 0.25) is 0 Å². The summed E-state index contributed by atoms with van der Waals surface area (Å²) < 4.78 is 26.9. The summed E-state index contributed by atoms with van der Waals surface area (Å²) >= 11 is 0. The molecule has 0 aromatic carbocycles. The number of pyridine rings is 1. The highest BCUT2D eigenvalue weighted by molar-refractivity contribution is 7.89. The maximum absolute atomic E-state index is 12.7. The van der Waals surface area contributed by atoms with E-state index >= 15 is 0 Å². The highest BCUT2D eigenvalue weighted by atomic mass is 32.2. The van der Waals surface area contributed by atoms with Gasteiger partial charge in [0.25, 0.3) is 0 Å². The van der Waals surface area contributed by atoms with Gasteiger partial charge in [0.2, 0.25) is 15.9 Å². The number of nitrogens with zero attached hydrogens (tertiary/aromatic N) is 4. The Labute approximate surface area is 156 Å². The van der Waals surface area contributed by atoms with Crippen molar-refractivity contribution in [1.29, 1.82) is 0 Å². The average Bonchev–Trinajstić information content (AvgIpc) is 2.68. The van der Waals surface area contributed by atoms with Gasteiger partial charge in [-0.1, -0.05) is 20.3 Å². The lowest BCUT2D eigenvalue weighted by atomic mass is 10.1. The predicted molar refractivity (Wildman–Crippen MR) is 100 cm³/mol. The van der Waals surface area contributed by atoms with Crippen LogP contribution in [-0.4, -0.2) is 67.8 Å². The number of piperidine rings is 1. The van der Waals surface area contributed by atoms with Gasteiger partial charge in [-0.2, -0.15) is 4.31 Å². The summed E-state index contributed by atoms with van der Waals surface area (Å²) in [6.45, 7) is 7.79. The minimum absolute atomic E-state index is 0.0129. The fraction of sp³-hybridized carbons (Fsp3) is 0.667. The number of carbonyl (C=O) groups is 1. The molecule has 7 nitrogen and oxygen atoms in total. The molecule has 8 heteroatoms. The van der Waals surface area contributed by atoms with Crippen LogP contribution in [0.4, 0.5) is 5.82 Å². The Morgan fingerprint density at radius 3 is 2.19 bits per heavy atom. The first-order valence-electron chi connectivity index (χ1n) is 9.39. The van der Waals surface area contributed by atoms with Crippen molar-refractivity contribution in [2.75, 3.05) is 44.2 Å². The minimum Gasteiger partial charge on any atom is -0.353 e. The largest absolute Gasteiger partial charge is 0.353 e. The number of anilines is 1. The molecular weight excluding hydrogens is 352 g/mol. The molecular formula is C18H28N4O3S. The Balaban J connectivity index is 1.64. The Kier molecular flexibility index (Phi) is 5.82. The van der Waals surface area contributed by atoms with Crippen LogP contribution >= 0.6 is 0 Å². The first-order chi connectivity index (χ1) is 12.4. The van der Waals surface area contributed by atoms with E-state index in [4.69, 9.17) is 0 Å². The van der Waals surface area contributed by atoms with E-state index in [1.54, 1.807) is 16.4 Å². The normalized spacial score (nSPS) is 19.8. The van der Waals surface area contributed by atoms with Gasteiger partial charge in [-0.05, 0) is 25.0 Å². The summed E-state index contributed by atoms with van der Waals surface area (Å²) in [6.07, 6.45) is 4.40. The molecule has 2 aliphatic rings. The van der Waals surface area contributed by atoms with Crippen molar-refractivity contribution in [3.05, 3.63) is 18.3 Å². The number of piperazine rings is 1. The van der Waals surface area contributed by atoms with Gasteiger partial charge in [0.1, 0.15) is 10.7 Å². The smallest absolute Gasteiger partial charge is 0.244 e. The minimum atomic E-state index is -3.44. The van der Waals surface area contributed by atoms with E-state index in [-0.39, 0.29) is 16.7 Å². The Morgan fingerprint density at radius 1 is 1.00 bits per heavy atom. The first-order valence-corrected chi connectivity index (χ1v) is 10.8. The second-order valence-corrected chi connectivity index (χ2v) is 9.22. The number of carbonyl (C=O) groups excluding carboxylic acids is 1. The molecule has 0 bridgehead atoms. The summed E-state index contributed by atoms with van der Waals surface area (Å²) in [4.78, 5) is 20.7. The number of hydrogen-bond donors (Lipinski definition) is 0. The van der Waals surface area contributed by atoms with Gasteiger partial charge in [0.05, 0.1) is 0 Å². The van der Waals surface area contributed by atoms with Crippen molar-refractivity contribution in [2.24, 2.45) is 5.92 Å². The van der Waals surface area contributed by atoms with Crippen molar-refractivity contribution in [3.63, 3.8) is 0 Å². The Morgan fingerprint density at radius 2 is 1.65 bits per heavy atom. The van der Waals surface area contributed by atoms with Crippen LogP contribution in [0.25, 0.3) is 0 Å². The van der Waals surface area contributed by atoms with Gasteiger partial charge in [-0.25, -0.2) is 13.4 Å². The lowest BCUT2D eigenvalue weighted by Gasteiger charge is -2.36. The van der Waals surface area contributed by atoms with E-state index in [9.17, 15) is 13.2 Å². The fourth-order valence-corrected chi connectivity index (χ4v) is 4.95. The molecule has 0 spiro atoms. The number of aromatic nitrogens is 1. The summed E-state index contributed by atoms with van der Waals surface area (Å²) in [6, 6.07) is 3.43. The standard InChI is InChI=1S/C18H28N4O3S/c1-15(2)18(23)21-12-10-20(11-13-21)17-7-6-16(14-19-17)26(24,25)22-8-4-3-5-9-22/h6-7,14-15H,3-5,8-13H2,1-2H3. The summed E-state index contributed by atoms with van der Waals surface area (Å²) in [7, 11) is -3.44. The molecule has 0 atom stereocenters. The Bertz CT molecular complexity index is 719. The molecule has 2 saturated heterocycles. The fourth-order valence-electron chi connectivity index (χ4n) is 3.49. The summed E-state index contributed by atoms with van der Waals surface area (Å²) in [5, 5.41) is 0. The zero-order chi connectivity index (χ0) is 18.7. The molecule has 0 aliphatic carbocycles. The van der Waals surface area contributed by atoms with Gasteiger partial charge in [0, 0.05) is 51.4 Å². The van der Waals surface area contributed by atoms with E-state index in [2.05, 4.69) is 9.88 Å². The molecule has 1 amide bonds. The number of rotatable bonds is 4. The van der Waals surface area contributed by atoms with Crippen LogP contribution in [0.5, 0.6) is 0 Å². The summed E-state index contributed by atoms with van der Waals surface area (Å²) in [5.74, 6) is 0.957. The topological polar surface area (TPSA) is 73.8 Å². The number of amides is 1. The van der Waals surface area contributed by atoms with Crippen molar-refractivity contribution in [2.45, 2.75) is 38.0 Å². The van der Waals surface area contributed by atoms with Crippen LogP contribution < -0.4 is 4.90 Å². The van der Waals surface area contributed by atoms with Crippen LogP contribution in [0.1, 0.15) is 33.1 Å². The average molecular weight is 381 g/mol. The van der Waals surface area contributed by atoms with Crippen molar-refractivity contribution < 1.29 is 13.2 Å². The van der Waals surface area contributed by atoms with Gasteiger partial charge in [-0.15, -0.1) is 0 Å². The van der Waals surface area contributed by atoms with Gasteiger partial charge >= 0.3 is 0 Å². The molecule has 0 saturated carbocycles. The quantitative estimate of drug-likeness (QED) is 0.793. The van der Waals surface area contributed by atoms with Gasteiger partial charge < -0.3 is 9.80 Å².